The largest absolute Gasteiger partial charge is 0.481 e. The lowest BCUT2D eigenvalue weighted by molar-refractivity contribution is -0.138. The number of halogens is 1. The molecule has 0 aliphatic heterocycles. The fourth-order valence-corrected chi connectivity index (χ4v) is 0.246. The van der Waals surface area contributed by atoms with Crippen molar-refractivity contribution in [1.82, 2.24) is 0 Å². The van der Waals surface area contributed by atoms with Crippen LogP contribution < -0.4 is 5.73 Å². The number of aliphatic carboxylic acids is 1. The van der Waals surface area contributed by atoms with Crippen LogP contribution in [0.2, 0.25) is 0 Å². The van der Waals surface area contributed by atoms with Crippen LogP contribution in [0, 0.1) is 0 Å². The molecule has 0 aliphatic rings. The predicted molar refractivity (Wildman–Crippen MR) is 38.2 cm³/mol. The summed E-state index contributed by atoms with van der Waals surface area (Å²) in [5.74, 6) is -2.24. The van der Waals surface area contributed by atoms with E-state index >= 15 is 0 Å². The number of Topliss-reactive ketones (excluding diaryl/α,β-unsaturated/α-hetero) is 1. The Morgan fingerprint density at radius 3 is 2.40 bits per heavy atom. The van der Waals surface area contributed by atoms with E-state index in [1.165, 1.54) is 0 Å². The number of rotatable bonds is 4. The van der Waals surface area contributed by atoms with E-state index in [-0.39, 0.29) is 19.0 Å². The minimum Gasteiger partial charge on any atom is -0.481 e. The third-order valence-electron chi connectivity index (χ3n) is 0.664. The Labute approximate surface area is 67.6 Å². The maximum absolute atomic E-state index is 10.5. The predicted octanol–water partition coefficient (Wildman–Crippen LogP) is -0.199. The molecule has 0 atom stereocenters. The molecular weight excluding hydrogens is 158 g/mol. The summed E-state index contributed by atoms with van der Waals surface area (Å²) in [4.78, 5) is 20.6. The molecule has 0 unspecified atom stereocenters. The minimum absolute atomic E-state index is 0. The lowest BCUT2D eigenvalue weighted by Gasteiger charge is -1.90. The van der Waals surface area contributed by atoms with E-state index in [2.05, 4.69) is 0 Å². The highest BCUT2D eigenvalue weighted by Gasteiger charge is 2.01. The van der Waals surface area contributed by atoms with Gasteiger partial charge in [-0.1, -0.05) is 0 Å². The maximum atomic E-state index is 10.5. The number of carboxylic acids is 1. The van der Waals surface area contributed by atoms with Gasteiger partial charge in [0.2, 0.25) is 0 Å². The number of carbonyl (C=O) groups is 2. The number of carboxylic acid groups (broad SMARTS) is 1. The molecule has 0 saturated heterocycles. The standard InChI is InChI=1S/C5H9NO3.ClH/c6-3-4(7)1-2-5(8)9;/h1-3,6H2,(H,8,9);1H/i2D2;. The highest BCUT2D eigenvalue weighted by atomic mass is 35.5. The molecule has 3 N–H and O–H groups in total. The van der Waals surface area contributed by atoms with Crippen LogP contribution in [-0.2, 0) is 9.59 Å². The van der Waals surface area contributed by atoms with Gasteiger partial charge in [-0.3, -0.25) is 9.59 Å². The first-order valence-corrected chi connectivity index (χ1v) is 2.35. The number of nitrogens with two attached hydrogens (primary N) is 1. The van der Waals surface area contributed by atoms with Crippen LogP contribution >= 0.6 is 12.4 Å². The second-order valence-corrected chi connectivity index (χ2v) is 1.40. The first kappa shape index (κ1) is 7.50. The second-order valence-electron chi connectivity index (χ2n) is 1.40. The Balaban J connectivity index is 0. The summed E-state index contributed by atoms with van der Waals surface area (Å²) in [6.45, 7) is -0.327. The smallest absolute Gasteiger partial charge is 0.303 e. The van der Waals surface area contributed by atoms with E-state index < -0.39 is 24.5 Å². The van der Waals surface area contributed by atoms with Gasteiger partial charge >= 0.3 is 5.97 Å². The van der Waals surface area contributed by atoms with Crippen molar-refractivity contribution in [3.8, 4) is 0 Å². The second kappa shape index (κ2) is 6.51. The quantitative estimate of drug-likeness (QED) is 0.611. The van der Waals surface area contributed by atoms with E-state index in [0.717, 1.165) is 0 Å². The summed E-state index contributed by atoms with van der Waals surface area (Å²) in [7, 11) is 0. The van der Waals surface area contributed by atoms with E-state index in [1.54, 1.807) is 0 Å². The van der Waals surface area contributed by atoms with E-state index in [4.69, 9.17) is 13.6 Å². The summed E-state index contributed by atoms with van der Waals surface area (Å²) in [6.07, 6.45) is -3.16. The average Bonchev–Trinajstić information content (AvgIpc) is 1.86. The molecule has 0 bridgehead atoms. The molecule has 60 valence electrons. The Kier molecular flexibility index (Phi) is 4.88. The first-order valence-electron chi connectivity index (χ1n) is 3.35. The molecule has 0 aromatic carbocycles. The van der Waals surface area contributed by atoms with Crippen LogP contribution in [0.4, 0.5) is 0 Å². The maximum Gasteiger partial charge on any atom is 0.303 e. The van der Waals surface area contributed by atoms with E-state index in [9.17, 15) is 9.59 Å². The zero-order chi connectivity index (χ0) is 9.07. The van der Waals surface area contributed by atoms with Crippen molar-refractivity contribution in [3.63, 3.8) is 0 Å². The Bertz CT molecular complexity index is 186. The van der Waals surface area contributed by atoms with Gasteiger partial charge in [0.05, 0.1) is 12.9 Å². The fourth-order valence-electron chi connectivity index (χ4n) is 0.246. The molecule has 5 heteroatoms. The van der Waals surface area contributed by atoms with Crippen LogP contribution in [-0.4, -0.2) is 23.4 Å². The highest BCUT2D eigenvalue weighted by Crippen LogP contribution is 1.87. The van der Waals surface area contributed by atoms with Crippen molar-refractivity contribution in [2.75, 3.05) is 6.54 Å². The van der Waals surface area contributed by atoms with Crippen LogP contribution in [0.15, 0.2) is 0 Å². The van der Waals surface area contributed by atoms with Crippen molar-refractivity contribution in [3.05, 3.63) is 0 Å². The average molecular weight is 170 g/mol. The van der Waals surface area contributed by atoms with E-state index in [1.807, 2.05) is 0 Å². The molecule has 0 aliphatic carbocycles. The molecule has 0 amide bonds. The third kappa shape index (κ3) is 7.39. The summed E-state index contributed by atoms with van der Waals surface area (Å²) >= 11 is 0. The normalized spacial score (nSPS) is 12.5. The number of hydrogen-bond acceptors (Lipinski definition) is 3. The summed E-state index contributed by atoms with van der Waals surface area (Å²) in [6, 6.07) is 0. The van der Waals surface area contributed by atoms with Gasteiger partial charge in [-0.15, -0.1) is 12.4 Å². The fraction of sp³-hybridized carbons (Fsp3) is 0.600. The summed E-state index contributed by atoms with van der Waals surface area (Å²) in [5.41, 5.74) is 4.87. The number of carbonyl (C=O) groups excluding carboxylic acids is 1. The zero-order valence-electron chi connectivity index (χ0n) is 7.16. The molecule has 0 spiro atoms. The van der Waals surface area contributed by atoms with Crippen LogP contribution in [0.3, 0.4) is 0 Å². The lowest BCUT2D eigenvalue weighted by atomic mass is 10.2. The molecule has 4 nitrogen and oxygen atoms in total. The molecule has 0 aromatic rings. The van der Waals surface area contributed by atoms with Crippen LogP contribution in [0.1, 0.15) is 15.5 Å². The highest BCUT2D eigenvalue weighted by molar-refractivity contribution is 5.85. The SMILES string of the molecule is Cl.[2H]C([2H])(CC(=O)CN)C(=O)O. The van der Waals surface area contributed by atoms with Gasteiger partial charge in [0.25, 0.3) is 0 Å². The van der Waals surface area contributed by atoms with Gasteiger partial charge in [0, 0.05) is 9.16 Å². The molecule has 0 saturated carbocycles. The molecule has 0 fully saturated rings. The number of ketones is 1. The van der Waals surface area contributed by atoms with Crippen molar-refractivity contribution in [2.45, 2.75) is 12.8 Å². The minimum atomic E-state index is -2.49. The third-order valence-corrected chi connectivity index (χ3v) is 0.664. The van der Waals surface area contributed by atoms with Crippen LogP contribution in [0.5, 0.6) is 0 Å². The topological polar surface area (TPSA) is 80.4 Å². The van der Waals surface area contributed by atoms with Gasteiger partial charge in [-0.25, -0.2) is 0 Å². The van der Waals surface area contributed by atoms with Gasteiger partial charge < -0.3 is 10.8 Å². The molecule has 10 heavy (non-hydrogen) atoms. The Hall–Kier alpha value is -0.610. The monoisotopic (exact) mass is 169 g/mol. The Morgan fingerprint density at radius 2 is 2.10 bits per heavy atom. The van der Waals surface area contributed by atoms with E-state index in [0.29, 0.717) is 0 Å². The van der Waals surface area contributed by atoms with Crippen LogP contribution in [0.25, 0.3) is 0 Å². The molecule has 0 aromatic heterocycles. The zero-order valence-corrected chi connectivity index (χ0v) is 5.98. The molecular formula is C5H10ClNO3. The summed E-state index contributed by atoms with van der Waals surface area (Å²) in [5, 5.41) is 8.22. The van der Waals surface area contributed by atoms with Gasteiger partial charge in [0.15, 0.2) is 0 Å². The van der Waals surface area contributed by atoms with Crippen molar-refractivity contribution in [1.29, 1.82) is 0 Å². The van der Waals surface area contributed by atoms with Gasteiger partial charge in [-0.2, -0.15) is 0 Å². The van der Waals surface area contributed by atoms with Crippen molar-refractivity contribution >= 4 is 24.2 Å². The molecule has 0 radical (unpaired) electrons. The lowest BCUT2D eigenvalue weighted by Crippen LogP contribution is -2.14. The van der Waals surface area contributed by atoms with Crippen molar-refractivity contribution in [2.24, 2.45) is 5.73 Å². The summed E-state index contributed by atoms with van der Waals surface area (Å²) < 4.78 is 13.6. The number of hydrogen-bond donors (Lipinski definition) is 2. The first-order chi connectivity index (χ1) is 4.90. The van der Waals surface area contributed by atoms with Crippen molar-refractivity contribution < 1.29 is 17.4 Å². The van der Waals surface area contributed by atoms with Gasteiger partial charge in [-0.05, 0) is 0 Å². The van der Waals surface area contributed by atoms with Gasteiger partial charge in [0.1, 0.15) is 5.78 Å². The Morgan fingerprint density at radius 1 is 1.60 bits per heavy atom. The molecule has 0 heterocycles. The molecule has 0 rings (SSSR count).